The van der Waals surface area contributed by atoms with Gasteiger partial charge in [0, 0.05) is 25.7 Å². The van der Waals surface area contributed by atoms with Crippen LogP contribution in [-0.4, -0.2) is 81.7 Å². The third-order valence-electron chi connectivity index (χ3n) is 6.08. The molecule has 2 aliphatic rings. The lowest BCUT2D eigenvalue weighted by molar-refractivity contribution is 0.0179. The maximum absolute atomic E-state index is 9.78. The Morgan fingerprint density at radius 2 is 1.87 bits per heavy atom. The monoisotopic (exact) mass is 434 g/mol. The maximum atomic E-state index is 9.78. The van der Waals surface area contributed by atoms with Gasteiger partial charge in [0.1, 0.15) is 0 Å². The zero-order chi connectivity index (χ0) is 22.1. The Kier molecular flexibility index (Phi) is 9.24. The summed E-state index contributed by atoms with van der Waals surface area (Å²) < 4.78 is 16.5. The summed E-state index contributed by atoms with van der Waals surface area (Å²) in [6, 6.07) is 6.58. The zero-order valence-electron chi connectivity index (χ0n) is 19.1. The van der Waals surface area contributed by atoms with Crippen LogP contribution in [0.1, 0.15) is 44.2 Å². The molecule has 3 N–H and O–H groups in total. The molecule has 1 saturated heterocycles. The summed E-state index contributed by atoms with van der Waals surface area (Å²) in [7, 11) is 3.32. The quantitative estimate of drug-likeness (QED) is 0.426. The molecule has 2 fully saturated rings. The van der Waals surface area contributed by atoms with Crippen LogP contribution in [-0.2, 0) is 4.74 Å². The number of rotatable bonds is 8. The Balaban J connectivity index is 1.77. The largest absolute Gasteiger partial charge is 0.493 e. The smallest absolute Gasteiger partial charge is 0.191 e. The molecule has 0 spiro atoms. The van der Waals surface area contributed by atoms with Gasteiger partial charge in [-0.2, -0.15) is 0 Å². The molecule has 8 nitrogen and oxygen atoms in total. The van der Waals surface area contributed by atoms with E-state index in [1.54, 1.807) is 14.2 Å². The molecule has 1 aromatic carbocycles. The number of hydrogen-bond acceptors (Lipinski definition) is 6. The molecule has 0 radical (unpaired) electrons. The predicted octanol–water partition coefficient (Wildman–Crippen LogP) is 1.94. The molecular formula is C23H38N4O4. The van der Waals surface area contributed by atoms with Gasteiger partial charge in [0.15, 0.2) is 17.5 Å². The molecule has 1 aliphatic carbocycles. The Bertz CT molecular complexity index is 701. The van der Waals surface area contributed by atoms with Crippen molar-refractivity contribution < 1.29 is 19.3 Å². The minimum absolute atomic E-state index is 0.118. The van der Waals surface area contributed by atoms with Crippen LogP contribution in [0.15, 0.2) is 23.2 Å². The van der Waals surface area contributed by atoms with Crippen LogP contribution in [0.2, 0.25) is 0 Å². The number of aliphatic hydroxyl groups is 1. The number of aliphatic imine (C=N–C) groups is 1. The highest BCUT2D eigenvalue weighted by atomic mass is 16.5. The first-order valence-corrected chi connectivity index (χ1v) is 11.4. The van der Waals surface area contributed by atoms with Crippen molar-refractivity contribution in [1.82, 2.24) is 15.5 Å². The molecule has 3 rings (SSSR count). The van der Waals surface area contributed by atoms with Crippen molar-refractivity contribution in [1.29, 1.82) is 0 Å². The van der Waals surface area contributed by atoms with Crippen LogP contribution < -0.4 is 20.1 Å². The highest BCUT2D eigenvalue weighted by molar-refractivity contribution is 5.80. The molecule has 1 heterocycles. The Hall–Kier alpha value is -2.03. The zero-order valence-corrected chi connectivity index (χ0v) is 19.1. The molecule has 0 aromatic heterocycles. The SMILES string of the molecule is CCNC(=NCC(c1ccc(OC)c(OC)c1)N1CCOCC1)NC1CCC(O)CC1. The average Bonchev–Trinajstić information content (AvgIpc) is 2.81. The van der Waals surface area contributed by atoms with Crippen molar-refractivity contribution in [2.24, 2.45) is 4.99 Å². The number of morpholine rings is 1. The summed E-state index contributed by atoms with van der Waals surface area (Å²) >= 11 is 0. The van der Waals surface area contributed by atoms with Gasteiger partial charge in [0.2, 0.25) is 0 Å². The van der Waals surface area contributed by atoms with E-state index in [2.05, 4.69) is 34.6 Å². The van der Waals surface area contributed by atoms with Gasteiger partial charge in [0.25, 0.3) is 0 Å². The lowest BCUT2D eigenvalue weighted by Crippen LogP contribution is -2.46. The molecule has 1 unspecified atom stereocenters. The summed E-state index contributed by atoms with van der Waals surface area (Å²) in [6.45, 7) is 6.72. The third-order valence-corrected chi connectivity index (χ3v) is 6.08. The number of benzene rings is 1. The Morgan fingerprint density at radius 1 is 1.16 bits per heavy atom. The second-order valence-corrected chi connectivity index (χ2v) is 8.15. The molecule has 1 saturated carbocycles. The van der Waals surface area contributed by atoms with Gasteiger partial charge >= 0.3 is 0 Å². The van der Waals surface area contributed by atoms with Gasteiger partial charge in [-0.3, -0.25) is 9.89 Å². The fourth-order valence-electron chi connectivity index (χ4n) is 4.29. The number of guanidine groups is 1. The number of nitrogens with zero attached hydrogens (tertiary/aromatic N) is 2. The summed E-state index contributed by atoms with van der Waals surface area (Å²) in [5.41, 5.74) is 1.15. The van der Waals surface area contributed by atoms with Gasteiger partial charge < -0.3 is 30.0 Å². The maximum Gasteiger partial charge on any atom is 0.191 e. The van der Waals surface area contributed by atoms with Crippen LogP contribution in [0.5, 0.6) is 11.5 Å². The number of nitrogens with one attached hydrogen (secondary N) is 2. The Labute approximate surface area is 186 Å². The van der Waals surface area contributed by atoms with Crippen molar-refractivity contribution in [3.8, 4) is 11.5 Å². The van der Waals surface area contributed by atoms with E-state index in [1.165, 1.54) is 0 Å². The summed E-state index contributed by atoms with van der Waals surface area (Å²) in [5, 5.41) is 16.7. The normalized spacial score (nSPS) is 23.8. The van der Waals surface area contributed by atoms with E-state index < -0.39 is 0 Å². The lowest BCUT2D eigenvalue weighted by atomic mass is 9.93. The second-order valence-electron chi connectivity index (χ2n) is 8.15. The summed E-state index contributed by atoms with van der Waals surface area (Å²) in [6.07, 6.45) is 3.47. The predicted molar refractivity (Wildman–Crippen MR) is 122 cm³/mol. The van der Waals surface area contributed by atoms with E-state index in [0.29, 0.717) is 12.6 Å². The molecule has 0 bridgehead atoms. The molecule has 0 amide bonds. The molecule has 1 aromatic rings. The second kappa shape index (κ2) is 12.1. The van der Waals surface area contributed by atoms with Crippen molar-refractivity contribution in [2.45, 2.75) is 50.8 Å². The fourth-order valence-corrected chi connectivity index (χ4v) is 4.29. The van der Waals surface area contributed by atoms with E-state index in [4.69, 9.17) is 19.2 Å². The Morgan fingerprint density at radius 3 is 2.52 bits per heavy atom. The van der Waals surface area contributed by atoms with E-state index in [1.807, 2.05) is 6.07 Å². The highest BCUT2D eigenvalue weighted by Crippen LogP contribution is 2.32. The fraction of sp³-hybridized carbons (Fsp3) is 0.696. The molecule has 31 heavy (non-hydrogen) atoms. The summed E-state index contributed by atoms with van der Waals surface area (Å²) in [5.74, 6) is 2.29. The van der Waals surface area contributed by atoms with Gasteiger partial charge in [-0.15, -0.1) is 0 Å². The van der Waals surface area contributed by atoms with Gasteiger partial charge in [-0.1, -0.05) is 6.07 Å². The van der Waals surface area contributed by atoms with Gasteiger partial charge in [-0.05, 0) is 50.3 Å². The van der Waals surface area contributed by atoms with E-state index in [-0.39, 0.29) is 12.1 Å². The van der Waals surface area contributed by atoms with E-state index >= 15 is 0 Å². The van der Waals surface area contributed by atoms with Crippen LogP contribution in [0.25, 0.3) is 0 Å². The van der Waals surface area contributed by atoms with Gasteiger partial charge in [-0.25, -0.2) is 0 Å². The highest BCUT2D eigenvalue weighted by Gasteiger charge is 2.25. The van der Waals surface area contributed by atoms with Crippen molar-refractivity contribution in [2.75, 3.05) is 53.6 Å². The van der Waals surface area contributed by atoms with Gasteiger partial charge in [0.05, 0.1) is 46.1 Å². The van der Waals surface area contributed by atoms with Crippen LogP contribution >= 0.6 is 0 Å². The first-order chi connectivity index (χ1) is 15.1. The lowest BCUT2D eigenvalue weighted by Gasteiger charge is -2.34. The molecule has 8 heteroatoms. The minimum atomic E-state index is -0.159. The summed E-state index contributed by atoms with van der Waals surface area (Å²) in [4.78, 5) is 7.38. The van der Waals surface area contributed by atoms with Crippen LogP contribution in [0, 0.1) is 0 Å². The molecule has 1 atom stereocenters. The van der Waals surface area contributed by atoms with E-state index in [9.17, 15) is 5.11 Å². The first kappa shape index (κ1) is 23.6. The topological polar surface area (TPSA) is 87.6 Å². The van der Waals surface area contributed by atoms with Crippen molar-refractivity contribution in [3.63, 3.8) is 0 Å². The number of hydrogen-bond donors (Lipinski definition) is 3. The molecule has 1 aliphatic heterocycles. The van der Waals surface area contributed by atoms with Crippen LogP contribution in [0.4, 0.5) is 0 Å². The molecule has 174 valence electrons. The minimum Gasteiger partial charge on any atom is -0.493 e. The van der Waals surface area contributed by atoms with E-state index in [0.717, 1.165) is 81.6 Å². The first-order valence-electron chi connectivity index (χ1n) is 11.4. The standard InChI is InChI=1S/C23H38N4O4/c1-4-24-23(26-18-6-8-19(28)9-7-18)25-16-20(27-11-13-31-14-12-27)17-5-10-21(29-2)22(15-17)30-3/h5,10,15,18-20,28H,4,6-9,11-14,16H2,1-3H3,(H2,24,25,26). The average molecular weight is 435 g/mol. The van der Waals surface area contributed by atoms with Crippen molar-refractivity contribution >= 4 is 5.96 Å². The third kappa shape index (κ3) is 6.72. The number of methoxy groups -OCH3 is 2. The molecular weight excluding hydrogens is 396 g/mol. The van der Waals surface area contributed by atoms with Crippen molar-refractivity contribution in [3.05, 3.63) is 23.8 Å². The number of ether oxygens (including phenoxy) is 3. The number of aliphatic hydroxyl groups excluding tert-OH is 1. The van der Waals surface area contributed by atoms with Crippen LogP contribution in [0.3, 0.4) is 0 Å².